The number of hydrogen-bond donors (Lipinski definition) is 1. The summed E-state index contributed by atoms with van der Waals surface area (Å²) in [6.45, 7) is 2.58. The molecule has 1 N–H and O–H groups in total. The van der Waals surface area contributed by atoms with Gasteiger partial charge in [-0.25, -0.2) is 4.39 Å². The van der Waals surface area contributed by atoms with Crippen LogP contribution < -0.4 is 0 Å². The number of ether oxygens (including phenoxy) is 1. The first-order chi connectivity index (χ1) is 8.04. The average molecular weight is 261 g/mol. The fourth-order valence-electron chi connectivity index (χ4n) is 1.61. The molecule has 0 amide bonds. The Bertz CT molecular complexity index is 357. The average Bonchev–Trinajstić information content (AvgIpc) is 2.29. The molecule has 1 aromatic rings. The number of aliphatic hydroxyl groups excluding tert-OH is 1. The van der Waals surface area contributed by atoms with Gasteiger partial charge < -0.3 is 9.84 Å². The van der Waals surface area contributed by atoms with Gasteiger partial charge in [0.1, 0.15) is 5.82 Å². The van der Waals surface area contributed by atoms with Crippen LogP contribution >= 0.6 is 11.6 Å². The van der Waals surface area contributed by atoms with Crippen molar-refractivity contribution in [2.24, 2.45) is 5.92 Å². The summed E-state index contributed by atoms with van der Waals surface area (Å²) in [5, 5.41) is 10.3. The molecule has 0 aliphatic rings. The van der Waals surface area contributed by atoms with Crippen LogP contribution in [-0.2, 0) is 11.2 Å². The zero-order valence-electron chi connectivity index (χ0n) is 10.1. The fraction of sp³-hybridized carbons (Fsp3) is 0.538. The molecule has 2 atom stereocenters. The van der Waals surface area contributed by atoms with E-state index in [2.05, 4.69) is 0 Å². The first-order valence-corrected chi connectivity index (χ1v) is 6.03. The third-order valence-corrected chi connectivity index (χ3v) is 3.23. The number of hydrogen-bond acceptors (Lipinski definition) is 2. The van der Waals surface area contributed by atoms with Crippen molar-refractivity contribution in [1.82, 2.24) is 0 Å². The van der Waals surface area contributed by atoms with Gasteiger partial charge in [0.15, 0.2) is 0 Å². The molecule has 1 rings (SSSR count). The normalized spacial score (nSPS) is 14.6. The molecule has 96 valence electrons. The summed E-state index contributed by atoms with van der Waals surface area (Å²) >= 11 is 5.91. The van der Waals surface area contributed by atoms with Crippen LogP contribution in [-0.4, -0.2) is 24.9 Å². The van der Waals surface area contributed by atoms with Crippen molar-refractivity contribution in [3.8, 4) is 0 Å². The summed E-state index contributed by atoms with van der Waals surface area (Å²) in [5.41, 5.74) is 0.768. The van der Waals surface area contributed by atoms with Gasteiger partial charge in [0.25, 0.3) is 0 Å². The summed E-state index contributed by atoms with van der Waals surface area (Å²) in [6.07, 6.45) is 0.730. The van der Waals surface area contributed by atoms with E-state index in [-0.39, 0.29) is 11.7 Å². The van der Waals surface area contributed by atoms with Crippen LogP contribution in [0.5, 0.6) is 0 Å². The lowest BCUT2D eigenvalue weighted by Gasteiger charge is -2.19. The Balaban J connectivity index is 2.58. The van der Waals surface area contributed by atoms with Gasteiger partial charge in [0.05, 0.1) is 6.10 Å². The quantitative estimate of drug-likeness (QED) is 0.852. The Morgan fingerprint density at radius 1 is 1.47 bits per heavy atom. The second-order valence-corrected chi connectivity index (χ2v) is 4.67. The molecule has 0 bridgehead atoms. The number of benzene rings is 1. The van der Waals surface area contributed by atoms with Crippen LogP contribution in [0, 0.1) is 11.7 Å². The summed E-state index contributed by atoms with van der Waals surface area (Å²) < 4.78 is 17.8. The fourth-order valence-corrected chi connectivity index (χ4v) is 1.85. The molecular formula is C13H18ClFO2. The Morgan fingerprint density at radius 3 is 2.76 bits per heavy atom. The molecule has 0 aromatic heterocycles. The predicted molar refractivity (Wildman–Crippen MR) is 66.8 cm³/mol. The number of aliphatic hydroxyl groups is 1. The zero-order chi connectivity index (χ0) is 12.8. The van der Waals surface area contributed by atoms with Crippen molar-refractivity contribution < 1.29 is 14.2 Å². The zero-order valence-corrected chi connectivity index (χ0v) is 10.9. The summed E-state index contributed by atoms with van der Waals surface area (Å²) in [7, 11) is 1.63. The Hall–Kier alpha value is -0.640. The maximum Gasteiger partial charge on any atom is 0.124 e. The van der Waals surface area contributed by atoms with Crippen molar-refractivity contribution in [1.29, 1.82) is 0 Å². The van der Waals surface area contributed by atoms with Crippen LogP contribution in [0.25, 0.3) is 0 Å². The van der Waals surface area contributed by atoms with E-state index < -0.39 is 6.10 Å². The molecule has 0 saturated carbocycles. The van der Waals surface area contributed by atoms with Gasteiger partial charge in [-0.1, -0.05) is 24.6 Å². The summed E-state index contributed by atoms with van der Waals surface area (Å²) in [4.78, 5) is 0. The highest BCUT2D eigenvalue weighted by molar-refractivity contribution is 6.31. The second kappa shape index (κ2) is 6.94. The Kier molecular flexibility index (Phi) is 5.89. The molecule has 17 heavy (non-hydrogen) atoms. The van der Waals surface area contributed by atoms with Crippen LogP contribution in [0.4, 0.5) is 4.39 Å². The van der Waals surface area contributed by atoms with Crippen LogP contribution in [0.3, 0.4) is 0 Å². The largest absolute Gasteiger partial charge is 0.393 e. The van der Waals surface area contributed by atoms with Crippen LogP contribution in [0.2, 0.25) is 5.02 Å². The van der Waals surface area contributed by atoms with Crippen molar-refractivity contribution >= 4 is 11.6 Å². The molecule has 0 fully saturated rings. The van der Waals surface area contributed by atoms with E-state index in [0.29, 0.717) is 18.1 Å². The monoisotopic (exact) mass is 260 g/mol. The van der Waals surface area contributed by atoms with Crippen LogP contribution in [0.1, 0.15) is 18.9 Å². The van der Waals surface area contributed by atoms with E-state index in [1.54, 1.807) is 13.2 Å². The smallest absolute Gasteiger partial charge is 0.124 e. The highest BCUT2D eigenvalue weighted by Gasteiger charge is 2.16. The standard InChI is InChI=1S/C13H18ClFO2/c1-9(5-6-17-2)13(16)7-10-3-4-11(15)8-12(10)14/h3-4,8-9,13,16H,5-7H2,1-2H3. The summed E-state index contributed by atoms with van der Waals surface area (Å²) in [6, 6.07) is 4.24. The number of methoxy groups -OCH3 is 1. The third-order valence-electron chi connectivity index (χ3n) is 2.88. The highest BCUT2D eigenvalue weighted by Crippen LogP contribution is 2.21. The molecule has 1 aromatic carbocycles. The van der Waals surface area contributed by atoms with E-state index in [1.165, 1.54) is 12.1 Å². The highest BCUT2D eigenvalue weighted by atomic mass is 35.5. The molecule has 2 nitrogen and oxygen atoms in total. The molecule has 0 spiro atoms. The van der Waals surface area contributed by atoms with E-state index in [0.717, 1.165) is 12.0 Å². The van der Waals surface area contributed by atoms with E-state index in [9.17, 15) is 9.50 Å². The SMILES string of the molecule is COCCC(C)C(O)Cc1ccc(F)cc1Cl. The lowest BCUT2D eigenvalue weighted by molar-refractivity contribution is 0.0887. The summed E-state index contributed by atoms with van der Waals surface area (Å²) in [5.74, 6) is -0.239. The van der Waals surface area contributed by atoms with E-state index in [4.69, 9.17) is 16.3 Å². The minimum atomic E-state index is -0.492. The predicted octanol–water partition coefficient (Wildman–Crippen LogP) is 3.06. The number of halogens is 2. The van der Waals surface area contributed by atoms with Gasteiger partial charge >= 0.3 is 0 Å². The molecular weight excluding hydrogens is 243 g/mol. The van der Waals surface area contributed by atoms with Crippen molar-refractivity contribution in [3.63, 3.8) is 0 Å². The van der Waals surface area contributed by atoms with Crippen LogP contribution in [0.15, 0.2) is 18.2 Å². The number of rotatable bonds is 6. The maximum absolute atomic E-state index is 12.8. The van der Waals surface area contributed by atoms with Crippen molar-refractivity contribution in [2.45, 2.75) is 25.9 Å². The lowest BCUT2D eigenvalue weighted by Crippen LogP contribution is -2.21. The van der Waals surface area contributed by atoms with Gasteiger partial charge in [-0.2, -0.15) is 0 Å². The molecule has 2 unspecified atom stereocenters. The van der Waals surface area contributed by atoms with E-state index in [1.807, 2.05) is 6.92 Å². The maximum atomic E-state index is 12.8. The lowest BCUT2D eigenvalue weighted by atomic mass is 9.95. The molecule has 0 heterocycles. The first-order valence-electron chi connectivity index (χ1n) is 5.65. The van der Waals surface area contributed by atoms with Crippen molar-refractivity contribution in [3.05, 3.63) is 34.6 Å². The molecule has 4 heteroatoms. The van der Waals surface area contributed by atoms with Crippen molar-refractivity contribution in [2.75, 3.05) is 13.7 Å². The molecule has 0 radical (unpaired) electrons. The molecule has 0 saturated heterocycles. The molecule has 0 aliphatic heterocycles. The van der Waals surface area contributed by atoms with Gasteiger partial charge in [-0.05, 0) is 30.0 Å². The second-order valence-electron chi connectivity index (χ2n) is 4.27. The van der Waals surface area contributed by atoms with Gasteiger partial charge in [0.2, 0.25) is 0 Å². The topological polar surface area (TPSA) is 29.5 Å². The minimum absolute atomic E-state index is 0.121. The minimum Gasteiger partial charge on any atom is -0.393 e. The van der Waals surface area contributed by atoms with E-state index >= 15 is 0 Å². The van der Waals surface area contributed by atoms with Gasteiger partial charge in [-0.3, -0.25) is 0 Å². The first kappa shape index (κ1) is 14.4. The van der Waals surface area contributed by atoms with Gasteiger partial charge in [-0.15, -0.1) is 0 Å². The van der Waals surface area contributed by atoms with Gasteiger partial charge in [0, 0.05) is 25.2 Å². The third kappa shape index (κ3) is 4.62. The Labute approximate surface area is 106 Å². The Morgan fingerprint density at radius 2 is 2.18 bits per heavy atom. The molecule has 0 aliphatic carbocycles.